The lowest BCUT2D eigenvalue weighted by Gasteiger charge is -2.06. The van der Waals surface area contributed by atoms with E-state index in [-0.39, 0.29) is 18.1 Å². The molecule has 0 aliphatic carbocycles. The van der Waals surface area contributed by atoms with Crippen molar-refractivity contribution in [1.82, 2.24) is 15.0 Å². The number of carbonyl (C=O) groups is 1. The molecule has 3 aromatic rings. The minimum Gasteiger partial charge on any atom is -0.493 e. The molecule has 0 atom stereocenters. The molecule has 128 valence electrons. The summed E-state index contributed by atoms with van der Waals surface area (Å²) in [5, 5.41) is 7.73. The first kappa shape index (κ1) is 16.6. The van der Waals surface area contributed by atoms with E-state index in [1.165, 1.54) is 23.0 Å². The van der Waals surface area contributed by atoms with E-state index in [2.05, 4.69) is 10.3 Å². The molecular weight excluding hydrogens is 325 g/mol. The van der Waals surface area contributed by atoms with E-state index >= 15 is 0 Å². The van der Waals surface area contributed by atoms with Gasteiger partial charge in [-0.05, 0) is 36.4 Å². The molecule has 1 heterocycles. The van der Waals surface area contributed by atoms with E-state index < -0.39 is 5.97 Å². The van der Waals surface area contributed by atoms with Crippen molar-refractivity contribution in [3.63, 3.8) is 0 Å². The Labute approximate surface area is 143 Å². The SMILES string of the molecule is O=C(OCCCOc1ccc(F)cc1)c1cn(-c2ccccc2)nn1. The molecule has 0 radical (unpaired) electrons. The van der Waals surface area contributed by atoms with Gasteiger partial charge >= 0.3 is 5.97 Å². The van der Waals surface area contributed by atoms with Crippen LogP contribution in [-0.4, -0.2) is 34.2 Å². The van der Waals surface area contributed by atoms with Crippen LogP contribution in [0.3, 0.4) is 0 Å². The van der Waals surface area contributed by atoms with E-state index in [4.69, 9.17) is 9.47 Å². The van der Waals surface area contributed by atoms with Crippen LogP contribution in [0.15, 0.2) is 60.8 Å². The van der Waals surface area contributed by atoms with Crippen molar-refractivity contribution in [3.05, 3.63) is 72.3 Å². The largest absolute Gasteiger partial charge is 0.493 e. The third kappa shape index (κ3) is 4.63. The number of halogens is 1. The second-order valence-electron chi connectivity index (χ2n) is 5.18. The number of nitrogens with zero attached hydrogens (tertiary/aromatic N) is 3. The summed E-state index contributed by atoms with van der Waals surface area (Å²) < 4.78 is 24.8. The van der Waals surface area contributed by atoms with Gasteiger partial charge < -0.3 is 9.47 Å². The molecule has 25 heavy (non-hydrogen) atoms. The minimum atomic E-state index is -0.538. The first-order valence-electron chi connectivity index (χ1n) is 7.75. The quantitative estimate of drug-likeness (QED) is 0.488. The molecule has 0 fully saturated rings. The Morgan fingerprint density at radius 2 is 1.80 bits per heavy atom. The van der Waals surface area contributed by atoms with Crippen LogP contribution < -0.4 is 4.74 Å². The highest BCUT2D eigenvalue weighted by Gasteiger charge is 2.12. The van der Waals surface area contributed by atoms with Crippen LogP contribution in [0.25, 0.3) is 5.69 Å². The Bertz CT molecular complexity index is 819. The minimum absolute atomic E-state index is 0.142. The summed E-state index contributed by atoms with van der Waals surface area (Å²) in [6.45, 7) is 0.549. The summed E-state index contributed by atoms with van der Waals surface area (Å²) in [5.74, 6) is -0.285. The fourth-order valence-electron chi connectivity index (χ4n) is 2.08. The van der Waals surface area contributed by atoms with Crippen LogP contribution in [-0.2, 0) is 4.74 Å². The number of ether oxygens (including phenoxy) is 2. The summed E-state index contributed by atoms with van der Waals surface area (Å²) in [4.78, 5) is 11.9. The summed E-state index contributed by atoms with van der Waals surface area (Å²) in [7, 11) is 0. The number of esters is 1. The molecule has 0 spiro atoms. The van der Waals surface area contributed by atoms with Crippen LogP contribution in [0.5, 0.6) is 5.75 Å². The van der Waals surface area contributed by atoms with Gasteiger partial charge in [0.1, 0.15) is 11.6 Å². The molecule has 1 aromatic heterocycles. The smallest absolute Gasteiger partial charge is 0.360 e. The van der Waals surface area contributed by atoms with Gasteiger partial charge in [0.05, 0.1) is 25.1 Å². The fourth-order valence-corrected chi connectivity index (χ4v) is 2.08. The molecule has 0 bridgehead atoms. The van der Waals surface area contributed by atoms with Gasteiger partial charge in [0.25, 0.3) is 0 Å². The highest BCUT2D eigenvalue weighted by Crippen LogP contribution is 2.11. The molecule has 0 saturated carbocycles. The highest BCUT2D eigenvalue weighted by molar-refractivity contribution is 5.86. The Morgan fingerprint density at radius 3 is 2.56 bits per heavy atom. The molecule has 0 aliphatic rings. The molecule has 7 heteroatoms. The van der Waals surface area contributed by atoms with E-state index in [0.29, 0.717) is 18.8 Å². The van der Waals surface area contributed by atoms with Crippen LogP contribution in [0, 0.1) is 5.82 Å². The van der Waals surface area contributed by atoms with E-state index in [9.17, 15) is 9.18 Å². The summed E-state index contributed by atoms with van der Waals surface area (Å²) in [6, 6.07) is 15.1. The molecule has 6 nitrogen and oxygen atoms in total. The first-order valence-corrected chi connectivity index (χ1v) is 7.75. The topological polar surface area (TPSA) is 66.2 Å². The fraction of sp³-hybridized carbons (Fsp3) is 0.167. The Morgan fingerprint density at radius 1 is 1.04 bits per heavy atom. The van der Waals surface area contributed by atoms with Crippen molar-refractivity contribution in [3.8, 4) is 11.4 Å². The van der Waals surface area contributed by atoms with Crippen molar-refractivity contribution in [2.75, 3.05) is 13.2 Å². The number of hydrogen-bond acceptors (Lipinski definition) is 5. The zero-order valence-electron chi connectivity index (χ0n) is 13.3. The molecule has 0 amide bonds. The second-order valence-corrected chi connectivity index (χ2v) is 5.18. The third-order valence-electron chi connectivity index (χ3n) is 3.33. The molecule has 0 aliphatic heterocycles. The standard InChI is InChI=1S/C18H16FN3O3/c19-14-7-9-16(10-8-14)24-11-4-12-25-18(23)17-13-22(21-20-17)15-5-2-1-3-6-15/h1-3,5-10,13H,4,11-12H2. The van der Waals surface area contributed by atoms with Gasteiger partial charge in [0.15, 0.2) is 5.69 Å². The number of benzene rings is 2. The number of rotatable bonds is 7. The predicted octanol–water partition coefficient (Wildman–Crippen LogP) is 3.03. The number of carbonyl (C=O) groups excluding carboxylic acids is 1. The summed E-state index contributed by atoms with van der Waals surface area (Å²) >= 11 is 0. The number of aromatic nitrogens is 3. The van der Waals surface area contributed by atoms with Gasteiger partial charge in [0.2, 0.25) is 0 Å². The Balaban J connectivity index is 1.42. The van der Waals surface area contributed by atoms with Crippen molar-refractivity contribution < 1.29 is 18.7 Å². The normalized spacial score (nSPS) is 10.4. The van der Waals surface area contributed by atoms with Gasteiger partial charge in [-0.1, -0.05) is 23.4 Å². The van der Waals surface area contributed by atoms with Gasteiger partial charge in [0, 0.05) is 6.42 Å². The maximum absolute atomic E-state index is 12.8. The summed E-state index contributed by atoms with van der Waals surface area (Å²) in [6.07, 6.45) is 2.03. The predicted molar refractivity (Wildman–Crippen MR) is 88.2 cm³/mol. The van der Waals surface area contributed by atoms with Crippen LogP contribution >= 0.6 is 0 Å². The maximum Gasteiger partial charge on any atom is 0.360 e. The lowest BCUT2D eigenvalue weighted by Crippen LogP contribution is -2.09. The van der Waals surface area contributed by atoms with Crippen LogP contribution in [0.1, 0.15) is 16.9 Å². The van der Waals surface area contributed by atoms with Gasteiger partial charge in [-0.25, -0.2) is 13.9 Å². The van der Waals surface area contributed by atoms with Gasteiger partial charge in [-0.3, -0.25) is 0 Å². The third-order valence-corrected chi connectivity index (χ3v) is 3.33. The maximum atomic E-state index is 12.8. The van der Waals surface area contributed by atoms with Crippen molar-refractivity contribution in [1.29, 1.82) is 0 Å². The molecule has 0 N–H and O–H groups in total. The van der Waals surface area contributed by atoms with Crippen molar-refractivity contribution in [2.45, 2.75) is 6.42 Å². The zero-order chi connectivity index (χ0) is 17.5. The van der Waals surface area contributed by atoms with Crippen molar-refractivity contribution >= 4 is 5.97 Å². The first-order chi connectivity index (χ1) is 12.2. The molecule has 3 rings (SSSR count). The van der Waals surface area contributed by atoms with E-state index in [1.54, 1.807) is 12.1 Å². The van der Waals surface area contributed by atoms with Crippen LogP contribution in [0.4, 0.5) is 4.39 Å². The number of hydrogen-bond donors (Lipinski definition) is 0. The Kier molecular flexibility index (Phi) is 5.36. The van der Waals surface area contributed by atoms with E-state index in [1.807, 2.05) is 30.3 Å². The number of para-hydroxylation sites is 1. The average Bonchev–Trinajstić information content (AvgIpc) is 3.14. The van der Waals surface area contributed by atoms with Crippen LogP contribution in [0.2, 0.25) is 0 Å². The zero-order valence-corrected chi connectivity index (χ0v) is 13.3. The lowest BCUT2D eigenvalue weighted by molar-refractivity contribution is 0.0479. The Hall–Kier alpha value is -3.22. The van der Waals surface area contributed by atoms with Gasteiger partial charge in [-0.15, -0.1) is 5.10 Å². The molecular formula is C18H16FN3O3. The average molecular weight is 341 g/mol. The highest BCUT2D eigenvalue weighted by atomic mass is 19.1. The molecule has 2 aromatic carbocycles. The van der Waals surface area contributed by atoms with Crippen molar-refractivity contribution in [2.24, 2.45) is 0 Å². The van der Waals surface area contributed by atoms with E-state index in [0.717, 1.165) is 5.69 Å². The molecule has 0 saturated heterocycles. The molecule has 0 unspecified atom stereocenters. The monoisotopic (exact) mass is 341 g/mol. The summed E-state index contributed by atoms with van der Waals surface area (Å²) in [5.41, 5.74) is 0.949. The lowest BCUT2D eigenvalue weighted by atomic mass is 10.3. The second kappa shape index (κ2) is 8.05. The van der Waals surface area contributed by atoms with Gasteiger partial charge in [-0.2, -0.15) is 0 Å².